The zero-order valence-electron chi connectivity index (χ0n) is 17.4. The van der Waals surface area contributed by atoms with Gasteiger partial charge in [0.15, 0.2) is 0 Å². The summed E-state index contributed by atoms with van der Waals surface area (Å²) in [6, 6.07) is 0. The summed E-state index contributed by atoms with van der Waals surface area (Å²) in [6.45, 7) is 13.1. The second kappa shape index (κ2) is 6.53. The number of ether oxygens (including phenoxy) is 2. The van der Waals surface area contributed by atoms with Crippen molar-refractivity contribution in [1.82, 2.24) is 0 Å². The van der Waals surface area contributed by atoms with Gasteiger partial charge in [-0.05, 0) is 54.8 Å². The molecule has 3 rings (SSSR count). The van der Waals surface area contributed by atoms with Gasteiger partial charge in [-0.3, -0.25) is 9.59 Å². The van der Waals surface area contributed by atoms with Gasteiger partial charge in [0.05, 0.1) is 5.41 Å². The van der Waals surface area contributed by atoms with Gasteiger partial charge in [0.25, 0.3) is 0 Å². The molecule has 0 radical (unpaired) electrons. The maximum absolute atomic E-state index is 13.2. The summed E-state index contributed by atoms with van der Waals surface area (Å²) in [4.78, 5) is 25.3. The molecule has 0 aromatic heterocycles. The first-order chi connectivity index (χ1) is 11.9. The molecule has 0 spiro atoms. The molecular weight excluding hydrogens is 328 g/mol. The van der Waals surface area contributed by atoms with E-state index in [0.29, 0.717) is 18.3 Å². The van der Waals surface area contributed by atoms with E-state index < -0.39 is 11.7 Å². The number of fused-ring (bicyclic) bond motifs is 1. The van der Waals surface area contributed by atoms with Gasteiger partial charge < -0.3 is 9.47 Å². The Balaban J connectivity index is 1.77. The van der Waals surface area contributed by atoms with Crippen LogP contribution in [-0.4, -0.2) is 18.2 Å². The summed E-state index contributed by atoms with van der Waals surface area (Å²) in [5.41, 5.74) is -0.441. The fourth-order valence-electron chi connectivity index (χ4n) is 5.46. The number of cyclic esters (lactones) is 1. The molecule has 0 bridgehead atoms. The third-order valence-corrected chi connectivity index (χ3v) is 6.98. The minimum atomic E-state index is -0.691. The lowest BCUT2D eigenvalue weighted by Gasteiger charge is -2.37. The molecule has 1 saturated heterocycles. The van der Waals surface area contributed by atoms with Crippen molar-refractivity contribution in [1.29, 1.82) is 0 Å². The van der Waals surface area contributed by atoms with E-state index in [4.69, 9.17) is 9.47 Å². The first-order valence-electron chi connectivity index (χ1n) is 10.3. The van der Waals surface area contributed by atoms with Crippen LogP contribution in [-0.2, 0) is 19.1 Å². The molecule has 3 aliphatic rings. The highest BCUT2D eigenvalue weighted by atomic mass is 16.7. The van der Waals surface area contributed by atoms with Crippen molar-refractivity contribution < 1.29 is 19.1 Å². The van der Waals surface area contributed by atoms with Crippen molar-refractivity contribution in [2.45, 2.75) is 92.8 Å². The Morgan fingerprint density at radius 3 is 2.46 bits per heavy atom. The molecule has 26 heavy (non-hydrogen) atoms. The molecule has 5 atom stereocenters. The third kappa shape index (κ3) is 3.80. The molecule has 3 fully saturated rings. The van der Waals surface area contributed by atoms with Gasteiger partial charge in [0, 0.05) is 12.3 Å². The third-order valence-electron chi connectivity index (χ3n) is 6.98. The maximum Gasteiger partial charge on any atom is 0.315 e. The van der Waals surface area contributed by atoms with Crippen LogP contribution in [0.5, 0.6) is 0 Å². The Bertz CT molecular complexity index is 573. The number of hydrogen-bond donors (Lipinski definition) is 0. The molecular formula is C22H36O4. The highest BCUT2D eigenvalue weighted by Gasteiger charge is 2.68. The van der Waals surface area contributed by atoms with Gasteiger partial charge in [-0.1, -0.05) is 48.0 Å². The van der Waals surface area contributed by atoms with Crippen molar-refractivity contribution in [3.8, 4) is 0 Å². The van der Waals surface area contributed by atoms with Crippen molar-refractivity contribution in [3.63, 3.8) is 0 Å². The summed E-state index contributed by atoms with van der Waals surface area (Å²) >= 11 is 0. The highest BCUT2D eigenvalue weighted by Crippen LogP contribution is 2.68. The summed E-state index contributed by atoms with van der Waals surface area (Å²) < 4.78 is 11.6. The second-order valence-electron chi connectivity index (χ2n) is 11.0. The monoisotopic (exact) mass is 364 g/mol. The largest absolute Gasteiger partial charge is 0.425 e. The van der Waals surface area contributed by atoms with Gasteiger partial charge in [-0.2, -0.15) is 0 Å². The van der Waals surface area contributed by atoms with E-state index >= 15 is 0 Å². The summed E-state index contributed by atoms with van der Waals surface area (Å²) in [7, 11) is 0. The molecule has 2 saturated carbocycles. The minimum Gasteiger partial charge on any atom is -0.425 e. The molecule has 4 nitrogen and oxygen atoms in total. The zero-order valence-corrected chi connectivity index (χ0v) is 17.4. The average molecular weight is 365 g/mol. The maximum atomic E-state index is 13.2. The Morgan fingerprint density at radius 1 is 1.23 bits per heavy atom. The molecule has 2 aliphatic carbocycles. The van der Waals surface area contributed by atoms with E-state index in [1.807, 2.05) is 0 Å². The van der Waals surface area contributed by atoms with Crippen LogP contribution in [0.2, 0.25) is 0 Å². The van der Waals surface area contributed by atoms with Crippen molar-refractivity contribution in [3.05, 3.63) is 0 Å². The number of esters is 2. The summed E-state index contributed by atoms with van der Waals surface area (Å²) in [5, 5.41) is 0. The van der Waals surface area contributed by atoms with E-state index in [2.05, 4.69) is 41.5 Å². The fraction of sp³-hybridized carbons (Fsp3) is 0.909. The second-order valence-corrected chi connectivity index (χ2v) is 11.0. The predicted octanol–water partition coefficient (Wildman–Crippen LogP) is 5.10. The number of hydrogen-bond acceptors (Lipinski definition) is 4. The number of rotatable bonds is 3. The molecule has 1 aliphatic heterocycles. The smallest absolute Gasteiger partial charge is 0.315 e. The zero-order chi connectivity index (χ0) is 19.3. The molecule has 4 heteroatoms. The Hall–Kier alpha value is -1.06. The van der Waals surface area contributed by atoms with E-state index in [9.17, 15) is 9.59 Å². The predicted molar refractivity (Wildman–Crippen MR) is 100 cm³/mol. The van der Waals surface area contributed by atoms with Crippen molar-refractivity contribution in [2.24, 2.45) is 34.0 Å². The quantitative estimate of drug-likeness (QED) is 0.654. The van der Waals surface area contributed by atoms with Crippen LogP contribution < -0.4 is 0 Å². The van der Waals surface area contributed by atoms with E-state index in [0.717, 1.165) is 38.5 Å². The summed E-state index contributed by atoms with van der Waals surface area (Å²) in [6.07, 6.45) is 5.47. The van der Waals surface area contributed by atoms with E-state index in [1.165, 1.54) is 0 Å². The molecule has 0 N–H and O–H groups in total. The Morgan fingerprint density at radius 2 is 1.88 bits per heavy atom. The highest BCUT2D eigenvalue weighted by molar-refractivity contribution is 5.82. The van der Waals surface area contributed by atoms with E-state index in [1.54, 1.807) is 0 Å². The van der Waals surface area contributed by atoms with Gasteiger partial charge in [0.1, 0.15) is 0 Å². The van der Waals surface area contributed by atoms with E-state index in [-0.39, 0.29) is 28.7 Å². The van der Waals surface area contributed by atoms with Crippen LogP contribution in [0.1, 0.15) is 86.5 Å². The normalized spacial score (nSPS) is 39.4. The lowest BCUT2D eigenvalue weighted by molar-refractivity contribution is -0.206. The lowest BCUT2D eigenvalue weighted by Crippen LogP contribution is -2.39. The average Bonchev–Trinajstić information content (AvgIpc) is 3.08. The van der Waals surface area contributed by atoms with Crippen LogP contribution in [0, 0.1) is 34.0 Å². The van der Waals surface area contributed by atoms with Crippen LogP contribution in [0.3, 0.4) is 0 Å². The number of carbonyl (C=O) groups is 2. The van der Waals surface area contributed by atoms with Gasteiger partial charge in [-0.15, -0.1) is 0 Å². The fourth-order valence-corrected chi connectivity index (χ4v) is 5.46. The SMILES string of the molecule is CC1CCC2C(CCC(=O)OC2OC(=O)C2(CC(C)(C)C)CC2(C)C)C1. The molecule has 1 heterocycles. The molecule has 0 aromatic carbocycles. The molecule has 0 amide bonds. The Labute approximate surface area is 158 Å². The molecule has 5 unspecified atom stereocenters. The summed E-state index contributed by atoms with van der Waals surface area (Å²) in [5.74, 6) is 0.888. The first-order valence-corrected chi connectivity index (χ1v) is 10.3. The van der Waals surface area contributed by atoms with Crippen LogP contribution in [0.15, 0.2) is 0 Å². The van der Waals surface area contributed by atoms with Gasteiger partial charge in [0.2, 0.25) is 6.29 Å². The molecule has 0 aromatic rings. The van der Waals surface area contributed by atoms with Gasteiger partial charge in [-0.25, -0.2) is 0 Å². The topological polar surface area (TPSA) is 52.6 Å². The van der Waals surface area contributed by atoms with Crippen molar-refractivity contribution >= 4 is 11.9 Å². The lowest BCUT2D eigenvalue weighted by atomic mass is 9.73. The first kappa shape index (κ1) is 19.7. The van der Waals surface area contributed by atoms with Gasteiger partial charge >= 0.3 is 11.9 Å². The minimum absolute atomic E-state index is 0.0490. The van der Waals surface area contributed by atoms with Crippen LogP contribution in [0.4, 0.5) is 0 Å². The molecule has 148 valence electrons. The number of carbonyl (C=O) groups excluding carboxylic acids is 2. The van der Waals surface area contributed by atoms with Crippen LogP contribution >= 0.6 is 0 Å². The Kier molecular flexibility index (Phi) is 4.94. The van der Waals surface area contributed by atoms with Crippen LogP contribution in [0.25, 0.3) is 0 Å². The van der Waals surface area contributed by atoms with Crippen molar-refractivity contribution in [2.75, 3.05) is 0 Å². The standard InChI is InChI=1S/C22H36O4/c1-14-7-9-16-15(11-14)8-10-17(23)25-18(16)26-19(24)22(12-20(2,3)4)13-21(22,5)6/h14-16,18H,7-13H2,1-6H3.